The van der Waals surface area contributed by atoms with Gasteiger partial charge in [-0.2, -0.15) is 0 Å². The molecule has 0 N–H and O–H groups in total. The van der Waals surface area contributed by atoms with Crippen molar-refractivity contribution < 1.29 is 0 Å². The van der Waals surface area contributed by atoms with Crippen LogP contribution in [0.15, 0.2) is 36.9 Å². The number of aromatic nitrogens is 3. The SMILES string of the molecule is c1cncc(-c2nccn2C2CCCC2)c1. The zero-order valence-corrected chi connectivity index (χ0v) is 9.21. The van der Waals surface area contributed by atoms with E-state index in [9.17, 15) is 0 Å². The third-order valence-corrected chi connectivity index (χ3v) is 3.31. The van der Waals surface area contributed by atoms with Crippen molar-refractivity contribution in [3.8, 4) is 11.4 Å². The Labute approximate surface area is 95.2 Å². The molecule has 1 aliphatic rings. The number of hydrogen-bond donors (Lipinski definition) is 0. The molecule has 16 heavy (non-hydrogen) atoms. The summed E-state index contributed by atoms with van der Waals surface area (Å²) in [5.74, 6) is 1.06. The normalized spacial score (nSPS) is 16.8. The van der Waals surface area contributed by atoms with E-state index in [1.165, 1.54) is 25.7 Å². The lowest BCUT2D eigenvalue weighted by atomic mass is 10.2. The summed E-state index contributed by atoms with van der Waals surface area (Å²) in [7, 11) is 0. The zero-order valence-electron chi connectivity index (χ0n) is 9.21. The van der Waals surface area contributed by atoms with Gasteiger partial charge >= 0.3 is 0 Å². The number of hydrogen-bond acceptors (Lipinski definition) is 2. The average molecular weight is 213 g/mol. The van der Waals surface area contributed by atoms with Gasteiger partial charge in [0.15, 0.2) is 0 Å². The number of pyridine rings is 1. The quantitative estimate of drug-likeness (QED) is 0.767. The molecule has 0 unspecified atom stereocenters. The minimum absolute atomic E-state index is 0.637. The van der Waals surface area contributed by atoms with Crippen molar-refractivity contribution in [1.29, 1.82) is 0 Å². The maximum atomic E-state index is 4.45. The third-order valence-electron chi connectivity index (χ3n) is 3.31. The predicted octanol–water partition coefficient (Wildman–Crippen LogP) is 3.06. The molecule has 1 aliphatic carbocycles. The molecule has 0 amide bonds. The highest BCUT2D eigenvalue weighted by Crippen LogP contribution is 2.32. The van der Waals surface area contributed by atoms with Gasteiger partial charge in [-0.15, -0.1) is 0 Å². The van der Waals surface area contributed by atoms with Gasteiger partial charge in [0.25, 0.3) is 0 Å². The van der Waals surface area contributed by atoms with Crippen molar-refractivity contribution in [2.45, 2.75) is 31.7 Å². The summed E-state index contributed by atoms with van der Waals surface area (Å²) in [6.07, 6.45) is 12.9. The van der Waals surface area contributed by atoms with E-state index in [4.69, 9.17) is 0 Å². The summed E-state index contributed by atoms with van der Waals surface area (Å²) in [4.78, 5) is 8.61. The molecule has 0 radical (unpaired) electrons. The van der Waals surface area contributed by atoms with Gasteiger partial charge in [-0.1, -0.05) is 12.8 Å². The molecule has 2 aromatic heterocycles. The lowest BCUT2D eigenvalue weighted by molar-refractivity contribution is 0.523. The Bertz CT molecular complexity index is 455. The van der Waals surface area contributed by atoms with Crippen molar-refractivity contribution in [1.82, 2.24) is 14.5 Å². The van der Waals surface area contributed by atoms with Crippen LogP contribution in [0.3, 0.4) is 0 Å². The molecule has 0 atom stereocenters. The second-order valence-electron chi connectivity index (χ2n) is 4.34. The molecule has 1 fully saturated rings. The molecule has 3 heteroatoms. The number of rotatable bonds is 2. The molecular formula is C13H15N3. The Morgan fingerprint density at radius 1 is 1.19 bits per heavy atom. The van der Waals surface area contributed by atoms with Crippen LogP contribution >= 0.6 is 0 Å². The molecule has 0 bridgehead atoms. The molecular weight excluding hydrogens is 198 g/mol. The van der Waals surface area contributed by atoms with E-state index in [1.54, 1.807) is 6.20 Å². The van der Waals surface area contributed by atoms with Crippen LogP contribution in [0.1, 0.15) is 31.7 Å². The molecule has 82 valence electrons. The van der Waals surface area contributed by atoms with Crippen molar-refractivity contribution >= 4 is 0 Å². The van der Waals surface area contributed by atoms with Crippen molar-refractivity contribution in [2.75, 3.05) is 0 Å². The van der Waals surface area contributed by atoms with E-state index < -0.39 is 0 Å². The van der Waals surface area contributed by atoms with Crippen LogP contribution in [-0.4, -0.2) is 14.5 Å². The summed E-state index contributed by atoms with van der Waals surface area (Å²) < 4.78 is 2.31. The van der Waals surface area contributed by atoms with E-state index in [-0.39, 0.29) is 0 Å². The molecule has 3 rings (SSSR count). The summed E-state index contributed by atoms with van der Waals surface area (Å²) in [6.45, 7) is 0. The Morgan fingerprint density at radius 2 is 2.06 bits per heavy atom. The molecule has 3 nitrogen and oxygen atoms in total. The van der Waals surface area contributed by atoms with Gasteiger partial charge in [0, 0.05) is 36.4 Å². The maximum Gasteiger partial charge on any atom is 0.141 e. The zero-order chi connectivity index (χ0) is 10.8. The largest absolute Gasteiger partial charge is 0.328 e. The summed E-state index contributed by atoms with van der Waals surface area (Å²) in [6, 6.07) is 4.67. The van der Waals surface area contributed by atoms with E-state index in [1.807, 2.05) is 18.5 Å². The fraction of sp³-hybridized carbons (Fsp3) is 0.385. The molecule has 0 aromatic carbocycles. The van der Waals surface area contributed by atoms with Crippen LogP contribution in [0.25, 0.3) is 11.4 Å². The van der Waals surface area contributed by atoms with Gasteiger partial charge in [-0.05, 0) is 25.0 Å². The van der Waals surface area contributed by atoms with E-state index >= 15 is 0 Å². The van der Waals surface area contributed by atoms with E-state index in [0.29, 0.717) is 6.04 Å². The van der Waals surface area contributed by atoms with Crippen molar-refractivity contribution in [2.24, 2.45) is 0 Å². The van der Waals surface area contributed by atoms with Crippen LogP contribution in [-0.2, 0) is 0 Å². The molecule has 1 saturated carbocycles. The lowest BCUT2D eigenvalue weighted by Crippen LogP contribution is -2.05. The topological polar surface area (TPSA) is 30.7 Å². The first-order valence-corrected chi connectivity index (χ1v) is 5.88. The smallest absolute Gasteiger partial charge is 0.141 e. The standard InChI is InChI=1S/C13H15N3/c1-2-6-12(5-1)16-9-8-15-13(16)11-4-3-7-14-10-11/h3-4,7-10,12H,1-2,5-6H2. The van der Waals surface area contributed by atoms with Gasteiger partial charge in [0.1, 0.15) is 5.82 Å². The van der Waals surface area contributed by atoms with Gasteiger partial charge < -0.3 is 4.57 Å². The highest BCUT2D eigenvalue weighted by Gasteiger charge is 2.19. The Hall–Kier alpha value is -1.64. The molecule has 2 heterocycles. The lowest BCUT2D eigenvalue weighted by Gasteiger charge is -2.14. The first-order valence-electron chi connectivity index (χ1n) is 5.88. The molecule has 0 saturated heterocycles. The van der Waals surface area contributed by atoms with Crippen LogP contribution in [0, 0.1) is 0 Å². The summed E-state index contributed by atoms with van der Waals surface area (Å²) in [5.41, 5.74) is 1.11. The van der Waals surface area contributed by atoms with E-state index in [2.05, 4.69) is 26.8 Å². The highest BCUT2D eigenvalue weighted by molar-refractivity contribution is 5.53. The van der Waals surface area contributed by atoms with Crippen LogP contribution in [0.4, 0.5) is 0 Å². The Morgan fingerprint density at radius 3 is 2.81 bits per heavy atom. The minimum atomic E-state index is 0.637. The van der Waals surface area contributed by atoms with Gasteiger partial charge in [0.05, 0.1) is 0 Å². The Balaban J connectivity index is 1.99. The first-order chi connectivity index (χ1) is 7.95. The molecule has 2 aromatic rings. The first kappa shape index (κ1) is 9.58. The fourth-order valence-corrected chi connectivity index (χ4v) is 2.51. The average Bonchev–Trinajstić information content (AvgIpc) is 3.01. The number of imidazole rings is 1. The van der Waals surface area contributed by atoms with Crippen molar-refractivity contribution in [3.63, 3.8) is 0 Å². The summed E-state index contributed by atoms with van der Waals surface area (Å²) in [5, 5.41) is 0. The maximum absolute atomic E-state index is 4.45. The van der Waals surface area contributed by atoms with Crippen LogP contribution < -0.4 is 0 Å². The minimum Gasteiger partial charge on any atom is -0.328 e. The predicted molar refractivity (Wildman–Crippen MR) is 63.0 cm³/mol. The highest BCUT2D eigenvalue weighted by atomic mass is 15.1. The van der Waals surface area contributed by atoms with Gasteiger partial charge in [-0.3, -0.25) is 4.98 Å². The van der Waals surface area contributed by atoms with E-state index in [0.717, 1.165) is 11.4 Å². The number of nitrogens with zero attached hydrogens (tertiary/aromatic N) is 3. The van der Waals surface area contributed by atoms with Crippen LogP contribution in [0.2, 0.25) is 0 Å². The van der Waals surface area contributed by atoms with Crippen molar-refractivity contribution in [3.05, 3.63) is 36.9 Å². The third kappa shape index (κ3) is 1.62. The fourth-order valence-electron chi connectivity index (χ4n) is 2.51. The molecule has 0 spiro atoms. The second kappa shape index (κ2) is 4.08. The molecule has 0 aliphatic heterocycles. The summed E-state index contributed by atoms with van der Waals surface area (Å²) >= 11 is 0. The Kier molecular flexibility index (Phi) is 2.44. The second-order valence-corrected chi connectivity index (χ2v) is 4.34. The monoisotopic (exact) mass is 213 g/mol. The van der Waals surface area contributed by atoms with Gasteiger partial charge in [0.2, 0.25) is 0 Å². The van der Waals surface area contributed by atoms with Gasteiger partial charge in [-0.25, -0.2) is 4.98 Å². The van der Waals surface area contributed by atoms with Crippen LogP contribution in [0.5, 0.6) is 0 Å².